The van der Waals surface area contributed by atoms with E-state index in [1.807, 2.05) is 11.4 Å². The van der Waals surface area contributed by atoms with Crippen molar-refractivity contribution < 1.29 is 8.42 Å². The Balaban J connectivity index is 1.77. The fourth-order valence-corrected chi connectivity index (χ4v) is 4.34. The van der Waals surface area contributed by atoms with Gasteiger partial charge in [0.2, 0.25) is 10.0 Å². The maximum Gasteiger partial charge on any atom is 0.211 e. The van der Waals surface area contributed by atoms with E-state index in [9.17, 15) is 8.42 Å². The SMILES string of the molecule is CS(=O)(=O)N1CCC[C@@H]1CN=C(N)NCCc1cccs1. The zero-order valence-electron chi connectivity index (χ0n) is 12.2. The molecule has 2 heterocycles. The average molecular weight is 330 g/mol. The van der Waals surface area contributed by atoms with E-state index < -0.39 is 10.0 Å². The van der Waals surface area contributed by atoms with E-state index in [-0.39, 0.29) is 6.04 Å². The van der Waals surface area contributed by atoms with Crippen LogP contribution in [0, 0.1) is 0 Å². The highest BCUT2D eigenvalue weighted by Crippen LogP contribution is 2.20. The van der Waals surface area contributed by atoms with Crippen molar-refractivity contribution in [1.29, 1.82) is 0 Å². The van der Waals surface area contributed by atoms with Gasteiger partial charge in [0.05, 0.1) is 12.8 Å². The summed E-state index contributed by atoms with van der Waals surface area (Å²) in [6.45, 7) is 1.74. The normalized spacial score (nSPS) is 20.8. The zero-order chi connectivity index (χ0) is 15.3. The van der Waals surface area contributed by atoms with Crippen LogP contribution in [-0.2, 0) is 16.4 Å². The Bertz CT molecular complexity index is 569. The molecule has 6 nitrogen and oxygen atoms in total. The van der Waals surface area contributed by atoms with Crippen LogP contribution in [0.25, 0.3) is 0 Å². The Labute approximate surface area is 130 Å². The first kappa shape index (κ1) is 16.3. The Morgan fingerprint density at radius 3 is 3.10 bits per heavy atom. The molecule has 0 saturated carbocycles. The van der Waals surface area contributed by atoms with Crippen LogP contribution in [0.4, 0.5) is 0 Å². The first-order valence-electron chi connectivity index (χ1n) is 7.00. The predicted octanol–water partition coefficient (Wildman–Crippen LogP) is 0.619. The van der Waals surface area contributed by atoms with Gasteiger partial charge < -0.3 is 11.1 Å². The highest BCUT2D eigenvalue weighted by molar-refractivity contribution is 7.88. The molecule has 0 amide bonds. The Hall–Kier alpha value is -1.12. The van der Waals surface area contributed by atoms with E-state index in [4.69, 9.17) is 5.73 Å². The van der Waals surface area contributed by atoms with Crippen molar-refractivity contribution in [2.45, 2.75) is 25.3 Å². The van der Waals surface area contributed by atoms with E-state index in [0.29, 0.717) is 19.0 Å². The van der Waals surface area contributed by atoms with Gasteiger partial charge in [-0.3, -0.25) is 4.99 Å². The number of nitrogens with zero attached hydrogens (tertiary/aromatic N) is 2. The molecule has 0 spiro atoms. The zero-order valence-corrected chi connectivity index (χ0v) is 13.8. The lowest BCUT2D eigenvalue weighted by Gasteiger charge is -2.20. The molecule has 3 N–H and O–H groups in total. The summed E-state index contributed by atoms with van der Waals surface area (Å²) in [6.07, 6.45) is 3.89. The third-order valence-electron chi connectivity index (χ3n) is 3.48. The maximum absolute atomic E-state index is 11.6. The van der Waals surface area contributed by atoms with E-state index in [1.54, 1.807) is 11.3 Å². The molecule has 2 rings (SSSR count). The molecule has 1 aromatic heterocycles. The molecule has 8 heteroatoms. The minimum absolute atomic E-state index is 0.0577. The molecule has 0 bridgehead atoms. The molecule has 118 valence electrons. The van der Waals surface area contributed by atoms with E-state index >= 15 is 0 Å². The van der Waals surface area contributed by atoms with Crippen molar-refractivity contribution in [2.24, 2.45) is 10.7 Å². The molecule has 0 aliphatic carbocycles. The molecule has 0 radical (unpaired) electrons. The van der Waals surface area contributed by atoms with Gasteiger partial charge in [-0.15, -0.1) is 11.3 Å². The molecule has 1 atom stereocenters. The molecule has 1 aliphatic rings. The summed E-state index contributed by atoms with van der Waals surface area (Å²) in [6, 6.07) is 4.05. The number of hydrogen-bond donors (Lipinski definition) is 2. The van der Waals surface area contributed by atoms with Gasteiger partial charge in [0.1, 0.15) is 0 Å². The molecular weight excluding hydrogens is 308 g/mol. The number of sulfonamides is 1. The predicted molar refractivity (Wildman–Crippen MR) is 87.1 cm³/mol. The van der Waals surface area contributed by atoms with Gasteiger partial charge in [-0.25, -0.2) is 8.42 Å². The van der Waals surface area contributed by atoms with Crippen molar-refractivity contribution in [1.82, 2.24) is 9.62 Å². The first-order valence-corrected chi connectivity index (χ1v) is 9.72. The third-order valence-corrected chi connectivity index (χ3v) is 5.75. The van der Waals surface area contributed by atoms with E-state index in [2.05, 4.69) is 16.4 Å². The van der Waals surface area contributed by atoms with Crippen LogP contribution in [0.3, 0.4) is 0 Å². The lowest BCUT2D eigenvalue weighted by molar-refractivity contribution is 0.397. The number of guanidine groups is 1. The van der Waals surface area contributed by atoms with E-state index in [0.717, 1.165) is 25.8 Å². The van der Waals surface area contributed by atoms with Gasteiger partial charge in [0, 0.05) is 24.0 Å². The van der Waals surface area contributed by atoms with Crippen molar-refractivity contribution in [3.8, 4) is 0 Å². The van der Waals surface area contributed by atoms with Crippen LogP contribution in [0.1, 0.15) is 17.7 Å². The standard InChI is InChI=1S/C13H22N4O2S2/c1-21(18,19)17-8-2-4-11(17)10-16-13(14)15-7-6-12-5-3-9-20-12/h3,5,9,11H,2,4,6-8,10H2,1H3,(H3,14,15,16)/t11-/m1/s1. The van der Waals surface area contributed by atoms with Gasteiger partial charge >= 0.3 is 0 Å². The largest absolute Gasteiger partial charge is 0.370 e. The summed E-state index contributed by atoms with van der Waals surface area (Å²) in [5, 5.41) is 5.11. The minimum atomic E-state index is -3.14. The number of nitrogens with one attached hydrogen (secondary N) is 1. The Morgan fingerprint density at radius 2 is 2.43 bits per heavy atom. The van der Waals surface area contributed by atoms with Crippen LogP contribution < -0.4 is 11.1 Å². The summed E-state index contributed by atoms with van der Waals surface area (Å²) < 4.78 is 24.8. The number of aliphatic imine (C=N–C) groups is 1. The number of hydrogen-bond acceptors (Lipinski definition) is 4. The first-order chi connectivity index (χ1) is 9.97. The number of thiophene rings is 1. The van der Waals surface area contributed by atoms with Crippen molar-refractivity contribution in [3.05, 3.63) is 22.4 Å². The lowest BCUT2D eigenvalue weighted by Crippen LogP contribution is -2.38. The van der Waals surface area contributed by atoms with Gasteiger partial charge in [0.15, 0.2) is 5.96 Å². The van der Waals surface area contributed by atoms with Crippen molar-refractivity contribution in [3.63, 3.8) is 0 Å². The molecule has 1 aromatic rings. The second kappa shape index (κ2) is 7.24. The van der Waals surface area contributed by atoms with Gasteiger partial charge in [-0.05, 0) is 30.7 Å². The molecule has 1 saturated heterocycles. The summed E-state index contributed by atoms with van der Waals surface area (Å²) in [5.41, 5.74) is 5.82. The van der Waals surface area contributed by atoms with Gasteiger partial charge in [-0.2, -0.15) is 4.31 Å². The summed E-state index contributed by atoms with van der Waals surface area (Å²) >= 11 is 1.72. The summed E-state index contributed by atoms with van der Waals surface area (Å²) in [5.74, 6) is 0.381. The second-order valence-corrected chi connectivity index (χ2v) is 8.12. The van der Waals surface area contributed by atoms with Crippen LogP contribution in [0.2, 0.25) is 0 Å². The Kier molecular flexibility index (Phi) is 5.60. The van der Waals surface area contributed by atoms with Crippen molar-refractivity contribution in [2.75, 3.05) is 25.9 Å². The second-order valence-electron chi connectivity index (χ2n) is 5.15. The van der Waals surface area contributed by atoms with Crippen molar-refractivity contribution >= 4 is 27.3 Å². The maximum atomic E-state index is 11.6. The van der Waals surface area contributed by atoms with Gasteiger partial charge in [0.25, 0.3) is 0 Å². The quantitative estimate of drug-likeness (QED) is 0.591. The Morgan fingerprint density at radius 1 is 1.62 bits per heavy atom. The molecule has 1 aliphatic heterocycles. The fraction of sp³-hybridized carbons (Fsp3) is 0.615. The van der Waals surface area contributed by atoms with Crippen LogP contribution in [0.15, 0.2) is 22.5 Å². The molecule has 1 fully saturated rings. The molecular formula is C13H22N4O2S2. The highest BCUT2D eigenvalue weighted by Gasteiger charge is 2.30. The smallest absolute Gasteiger partial charge is 0.211 e. The summed E-state index contributed by atoms with van der Waals surface area (Å²) in [4.78, 5) is 5.57. The number of nitrogens with two attached hydrogens (primary N) is 1. The van der Waals surface area contributed by atoms with Gasteiger partial charge in [-0.1, -0.05) is 6.07 Å². The highest BCUT2D eigenvalue weighted by atomic mass is 32.2. The van der Waals surface area contributed by atoms with Crippen LogP contribution in [-0.4, -0.2) is 50.6 Å². The molecule has 0 aromatic carbocycles. The summed E-state index contributed by atoms with van der Waals surface area (Å²) in [7, 11) is -3.14. The topological polar surface area (TPSA) is 87.8 Å². The lowest BCUT2D eigenvalue weighted by atomic mass is 10.2. The van der Waals surface area contributed by atoms with E-state index in [1.165, 1.54) is 15.4 Å². The minimum Gasteiger partial charge on any atom is -0.370 e. The van der Waals surface area contributed by atoms with Crippen LogP contribution in [0.5, 0.6) is 0 Å². The molecule has 21 heavy (non-hydrogen) atoms. The average Bonchev–Trinajstić information content (AvgIpc) is 3.06. The number of rotatable bonds is 6. The fourth-order valence-electron chi connectivity index (χ4n) is 2.46. The third kappa shape index (κ3) is 4.98. The monoisotopic (exact) mass is 330 g/mol. The van der Waals surface area contributed by atoms with Crippen LogP contribution >= 0.6 is 11.3 Å². The molecule has 0 unspecified atom stereocenters.